The summed E-state index contributed by atoms with van der Waals surface area (Å²) in [5, 5.41) is 6.84. The quantitative estimate of drug-likeness (QED) is 0.715. The van der Waals surface area contributed by atoms with E-state index in [1.807, 2.05) is 13.0 Å². The molecule has 0 bridgehead atoms. The average Bonchev–Trinajstić information content (AvgIpc) is 2.66. The fourth-order valence-corrected chi connectivity index (χ4v) is 1.26. The van der Waals surface area contributed by atoms with Crippen LogP contribution >= 0.6 is 0 Å². The van der Waals surface area contributed by atoms with Crippen LogP contribution in [0.5, 0.6) is 0 Å². The van der Waals surface area contributed by atoms with Crippen molar-refractivity contribution in [2.75, 3.05) is 16.8 Å². The summed E-state index contributed by atoms with van der Waals surface area (Å²) in [6, 6.07) is 5.32. The highest BCUT2D eigenvalue weighted by atomic mass is 16.5. The van der Waals surface area contributed by atoms with Gasteiger partial charge in [0.15, 0.2) is 5.76 Å². The van der Waals surface area contributed by atoms with Crippen molar-refractivity contribution >= 4 is 17.3 Å². The predicted octanol–water partition coefficient (Wildman–Crippen LogP) is 1.15. The van der Waals surface area contributed by atoms with Crippen LogP contribution in [-0.2, 0) is 6.54 Å². The SMILES string of the molecule is Cc1cc(CNc2ccc(N)c(N)n2)on1. The van der Waals surface area contributed by atoms with E-state index in [9.17, 15) is 0 Å². The molecule has 0 saturated carbocycles. The predicted molar refractivity (Wildman–Crippen MR) is 61.6 cm³/mol. The zero-order valence-electron chi connectivity index (χ0n) is 8.90. The van der Waals surface area contributed by atoms with Crippen molar-refractivity contribution in [2.24, 2.45) is 0 Å². The second kappa shape index (κ2) is 4.09. The Morgan fingerprint density at radius 1 is 1.38 bits per heavy atom. The molecule has 2 aromatic rings. The maximum Gasteiger partial charge on any atom is 0.156 e. The largest absolute Gasteiger partial charge is 0.396 e. The molecule has 2 aromatic heterocycles. The van der Waals surface area contributed by atoms with Gasteiger partial charge in [-0.15, -0.1) is 0 Å². The third-order valence-corrected chi connectivity index (χ3v) is 2.08. The summed E-state index contributed by atoms with van der Waals surface area (Å²) in [6.07, 6.45) is 0. The molecule has 0 saturated heterocycles. The smallest absolute Gasteiger partial charge is 0.156 e. The lowest BCUT2D eigenvalue weighted by atomic mass is 10.3. The second-order valence-electron chi connectivity index (χ2n) is 3.46. The van der Waals surface area contributed by atoms with Crippen LogP contribution < -0.4 is 16.8 Å². The Hall–Kier alpha value is -2.24. The maximum absolute atomic E-state index is 5.58. The molecule has 0 aromatic carbocycles. The summed E-state index contributed by atoms with van der Waals surface area (Å²) in [4.78, 5) is 4.07. The first-order valence-electron chi connectivity index (χ1n) is 4.83. The molecule has 0 aliphatic heterocycles. The molecule has 2 rings (SSSR count). The number of hydrogen-bond acceptors (Lipinski definition) is 6. The van der Waals surface area contributed by atoms with Gasteiger partial charge < -0.3 is 21.3 Å². The third-order valence-electron chi connectivity index (χ3n) is 2.08. The lowest BCUT2D eigenvalue weighted by Gasteiger charge is -2.05. The Morgan fingerprint density at radius 2 is 2.19 bits per heavy atom. The molecule has 0 aliphatic rings. The normalized spacial score (nSPS) is 10.3. The minimum absolute atomic E-state index is 0.318. The Morgan fingerprint density at radius 3 is 2.81 bits per heavy atom. The van der Waals surface area contributed by atoms with Gasteiger partial charge in [0.2, 0.25) is 0 Å². The van der Waals surface area contributed by atoms with Crippen molar-refractivity contribution in [2.45, 2.75) is 13.5 Å². The monoisotopic (exact) mass is 219 g/mol. The molecule has 0 fully saturated rings. The zero-order chi connectivity index (χ0) is 11.5. The van der Waals surface area contributed by atoms with Gasteiger partial charge in [-0.05, 0) is 19.1 Å². The molecular weight excluding hydrogens is 206 g/mol. The Balaban J connectivity index is 2.02. The third kappa shape index (κ3) is 2.22. The number of hydrogen-bond donors (Lipinski definition) is 3. The van der Waals surface area contributed by atoms with Crippen LogP contribution in [0.25, 0.3) is 0 Å². The minimum Gasteiger partial charge on any atom is -0.396 e. The topological polar surface area (TPSA) is 103 Å². The van der Waals surface area contributed by atoms with E-state index in [1.54, 1.807) is 12.1 Å². The highest BCUT2D eigenvalue weighted by molar-refractivity contribution is 5.61. The molecule has 0 aliphatic carbocycles. The standard InChI is InChI=1S/C10H13N5O/c1-6-4-7(16-15-6)5-13-9-3-2-8(11)10(12)14-9/h2-4H,5,11H2,1H3,(H3,12,13,14). The van der Waals surface area contributed by atoms with E-state index in [4.69, 9.17) is 16.0 Å². The number of aryl methyl sites for hydroxylation is 1. The summed E-state index contributed by atoms with van der Waals surface area (Å²) in [5.74, 6) is 1.72. The van der Waals surface area contributed by atoms with Crippen molar-refractivity contribution in [1.82, 2.24) is 10.1 Å². The lowest BCUT2D eigenvalue weighted by molar-refractivity contribution is 0.384. The molecule has 0 spiro atoms. The average molecular weight is 219 g/mol. The van der Waals surface area contributed by atoms with Gasteiger partial charge in [0.1, 0.15) is 11.6 Å². The first-order chi connectivity index (χ1) is 7.65. The van der Waals surface area contributed by atoms with Gasteiger partial charge in [-0.2, -0.15) is 0 Å². The van der Waals surface area contributed by atoms with Crippen LogP contribution in [0.3, 0.4) is 0 Å². The molecule has 84 valence electrons. The van der Waals surface area contributed by atoms with Crippen molar-refractivity contribution in [3.63, 3.8) is 0 Å². The van der Waals surface area contributed by atoms with E-state index in [1.165, 1.54) is 0 Å². The van der Waals surface area contributed by atoms with E-state index >= 15 is 0 Å². The van der Waals surface area contributed by atoms with Gasteiger partial charge in [-0.3, -0.25) is 0 Å². The highest BCUT2D eigenvalue weighted by Crippen LogP contribution is 2.15. The first-order valence-corrected chi connectivity index (χ1v) is 4.83. The Bertz CT molecular complexity index is 494. The van der Waals surface area contributed by atoms with Crippen LogP contribution in [0.15, 0.2) is 22.7 Å². The molecule has 16 heavy (non-hydrogen) atoms. The number of aromatic nitrogens is 2. The number of pyridine rings is 1. The van der Waals surface area contributed by atoms with Crippen molar-refractivity contribution in [3.8, 4) is 0 Å². The molecule has 0 unspecified atom stereocenters. The molecule has 5 N–H and O–H groups in total. The molecular formula is C10H13N5O. The minimum atomic E-state index is 0.318. The number of nitrogens with two attached hydrogens (primary N) is 2. The number of nitrogens with one attached hydrogen (secondary N) is 1. The van der Waals surface area contributed by atoms with Gasteiger partial charge in [-0.25, -0.2) is 4.98 Å². The highest BCUT2D eigenvalue weighted by Gasteiger charge is 2.02. The number of anilines is 3. The number of nitrogen functional groups attached to an aromatic ring is 2. The molecule has 6 heteroatoms. The van der Waals surface area contributed by atoms with Gasteiger partial charge >= 0.3 is 0 Å². The lowest BCUT2D eigenvalue weighted by Crippen LogP contribution is -2.04. The van der Waals surface area contributed by atoms with Gasteiger partial charge in [0.05, 0.1) is 17.9 Å². The van der Waals surface area contributed by atoms with Crippen molar-refractivity contribution in [1.29, 1.82) is 0 Å². The van der Waals surface area contributed by atoms with Crippen molar-refractivity contribution < 1.29 is 4.52 Å². The second-order valence-corrected chi connectivity index (χ2v) is 3.46. The van der Waals surface area contributed by atoms with E-state index < -0.39 is 0 Å². The molecule has 0 radical (unpaired) electrons. The van der Waals surface area contributed by atoms with Crippen LogP contribution in [0.2, 0.25) is 0 Å². The molecule has 0 atom stereocenters. The van der Waals surface area contributed by atoms with Crippen LogP contribution in [0.4, 0.5) is 17.3 Å². The summed E-state index contributed by atoms with van der Waals surface area (Å²) < 4.78 is 5.04. The Kier molecular flexibility index (Phi) is 2.63. The number of nitrogens with zero attached hydrogens (tertiary/aromatic N) is 2. The molecule has 6 nitrogen and oxygen atoms in total. The van der Waals surface area contributed by atoms with E-state index in [2.05, 4.69) is 15.5 Å². The summed E-state index contributed by atoms with van der Waals surface area (Å²) >= 11 is 0. The zero-order valence-corrected chi connectivity index (χ0v) is 8.90. The maximum atomic E-state index is 5.58. The van der Waals surface area contributed by atoms with Crippen molar-refractivity contribution in [3.05, 3.63) is 29.7 Å². The fourth-order valence-electron chi connectivity index (χ4n) is 1.26. The number of rotatable bonds is 3. The molecule has 2 heterocycles. The van der Waals surface area contributed by atoms with E-state index in [0.717, 1.165) is 11.5 Å². The van der Waals surface area contributed by atoms with E-state index in [0.29, 0.717) is 23.9 Å². The Labute approximate surface area is 92.6 Å². The summed E-state index contributed by atoms with van der Waals surface area (Å²) in [7, 11) is 0. The van der Waals surface area contributed by atoms with Gasteiger partial charge in [0, 0.05) is 6.07 Å². The van der Waals surface area contributed by atoms with E-state index in [-0.39, 0.29) is 0 Å². The van der Waals surface area contributed by atoms with Gasteiger partial charge in [-0.1, -0.05) is 5.16 Å². The summed E-state index contributed by atoms with van der Waals surface area (Å²) in [5.41, 5.74) is 12.5. The van der Waals surface area contributed by atoms with Crippen LogP contribution in [-0.4, -0.2) is 10.1 Å². The first kappa shape index (κ1) is 10.3. The summed E-state index contributed by atoms with van der Waals surface area (Å²) in [6.45, 7) is 2.38. The molecule has 0 amide bonds. The van der Waals surface area contributed by atoms with Gasteiger partial charge in [0.25, 0.3) is 0 Å². The van der Waals surface area contributed by atoms with Crippen LogP contribution in [0, 0.1) is 6.92 Å². The van der Waals surface area contributed by atoms with Crippen LogP contribution in [0.1, 0.15) is 11.5 Å². The fraction of sp³-hybridized carbons (Fsp3) is 0.200.